The van der Waals surface area contributed by atoms with Gasteiger partial charge in [-0.2, -0.15) is 0 Å². The van der Waals surface area contributed by atoms with E-state index in [4.69, 9.17) is 14.2 Å². The maximum absolute atomic E-state index is 5.80. The van der Waals surface area contributed by atoms with E-state index in [1.165, 1.54) is 0 Å². The zero-order valence-corrected chi connectivity index (χ0v) is 7.90. The zero-order valence-electron chi connectivity index (χ0n) is 7.90. The molecule has 0 bridgehead atoms. The van der Waals surface area contributed by atoms with Gasteiger partial charge in [-0.05, 0) is 20.3 Å². The van der Waals surface area contributed by atoms with E-state index in [1.54, 1.807) is 0 Å². The first-order chi connectivity index (χ1) is 6.16. The first-order valence-corrected chi connectivity index (χ1v) is 4.83. The first-order valence-electron chi connectivity index (χ1n) is 4.83. The summed E-state index contributed by atoms with van der Waals surface area (Å²) in [4.78, 5) is 0. The minimum absolute atomic E-state index is 0.134. The molecule has 0 aromatic heterocycles. The van der Waals surface area contributed by atoms with Crippen molar-refractivity contribution in [1.82, 2.24) is 0 Å². The molecule has 72 valence electrons. The summed E-state index contributed by atoms with van der Waals surface area (Å²) in [7, 11) is 0. The van der Waals surface area contributed by atoms with E-state index in [1.807, 2.05) is 13.8 Å². The second-order valence-electron chi connectivity index (χ2n) is 4.40. The van der Waals surface area contributed by atoms with Crippen molar-refractivity contribution >= 4 is 0 Å². The highest BCUT2D eigenvalue weighted by molar-refractivity contribution is 5.10. The molecule has 3 aliphatic rings. The second-order valence-corrected chi connectivity index (χ2v) is 4.40. The number of fused-ring (bicyclic) bond motifs is 3. The third-order valence-electron chi connectivity index (χ3n) is 2.96. The van der Waals surface area contributed by atoms with Crippen molar-refractivity contribution in [3.8, 4) is 0 Å². The molecule has 2 fully saturated rings. The molecule has 0 N–H and O–H groups in total. The lowest BCUT2D eigenvalue weighted by Crippen LogP contribution is -2.27. The Bertz CT molecular complexity index is 259. The van der Waals surface area contributed by atoms with Crippen molar-refractivity contribution in [2.24, 2.45) is 5.92 Å². The Balaban J connectivity index is 1.83. The van der Waals surface area contributed by atoms with Gasteiger partial charge in [0.15, 0.2) is 12.1 Å². The molecule has 0 unspecified atom stereocenters. The molecular weight excluding hydrogens is 168 g/mol. The maximum atomic E-state index is 5.80. The fourth-order valence-electron chi connectivity index (χ4n) is 2.42. The van der Waals surface area contributed by atoms with Crippen molar-refractivity contribution < 1.29 is 14.2 Å². The summed E-state index contributed by atoms with van der Waals surface area (Å²) in [5.74, 6) is 0.00914. The highest BCUT2D eigenvalue weighted by Crippen LogP contribution is 2.44. The van der Waals surface area contributed by atoms with Crippen LogP contribution in [0.15, 0.2) is 12.2 Å². The van der Waals surface area contributed by atoms with Crippen LogP contribution in [0.3, 0.4) is 0 Å². The first kappa shape index (κ1) is 7.97. The van der Waals surface area contributed by atoms with E-state index in [0.717, 1.165) is 6.42 Å². The van der Waals surface area contributed by atoms with Crippen LogP contribution in [0.4, 0.5) is 0 Å². The Morgan fingerprint density at radius 2 is 2.15 bits per heavy atom. The third-order valence-corrected chi connectivity index (χ3v) is 2.96. The number of ether oxygens (including phenoxy) is 3. The van der Waals surface area contributed by atoms with Crippen LogP contribution in [0, 0.1) is 5.92 Å². The van der Waals surface area contributed by atoms with Gasteiger partial charge in [-0.3, -0.25) is 0 Å². The van der Waals surface area contributed by atoms with Gasteiger partial charge in [0.25, 0.3) is 0 Å². The van der Waals surface area contributed by atoms with E-state index >= 15 is 0 Å². The zero-order chi connectivity index (χ0) is 9.05. The topological polar surface area (TPSA) is 27.7 Å². The van der Waals surface area contributed by atoms with Crippen molar-refractivity contribution in [2.75, 3.05) is 0 Å². The predicted molar refractivity (Wildman–Crippen MR) is 45.9 cm³/mol. The van der Waals surface area contributed by atoms with Crippen molar-refractivity contribution in [3.63, 3.8) is 0 Å². The molecule has 3 heteroatoms. The van der Waals surface area contributed by atoms with Gasteiger partial charge in [-0.15, -0.1) is 0 Å². The monoisotopic (exact) mass is 182 g/mol. The average Bonchev–Trinajstić information content (AvgIpc) is 2.58. The van der Waals surface area contributed by atoms with E-state index in [9.17, 15) is 0 Å². The van der Waals surface area contributed by atoms with E-state index in [0.29, 0.717) is 5.92 Å². The summed E-state index contributed by atoms with van der Waals surface area (Å²) in [6, 6.07) is 0. The standard InChI is InChI=1S/C10H14O3/c1-10(2)12-8-6-4-3-5-7(6)11-9(8)13-10/h3,5-9H,4H2,1-2H3/t6-,7+,8+,9+/m0/s1. The number of hydrogen-bond acceptors (Lipinski definition) is 3. The Hall–Kier alpha value is -0.380. The van der Waals surface area contributed by atoms with E-state index in [2.05, 4.69) is 12.2 Å². The maximum Gasteiger partial charge on any atom is 0.188 e. The van der Waals surface area contributed by atoms with Crippen LogP contribution in [0.25, 0.3) is 0 Å². The molecule has 0 amide bonds. The molecule has 3 nitrogen and oxygen atoms in total. The average molecular weight is 182 g/mol. The number of rotatable bonds is 0. The van der Waals surface area contributed by atoms with Crippen LogP contribution in [0.1, 0.15) is 20.3 Å². The van der Waals surface area contributed by atoms with Gasteiger partial charge >= 0.3 is 0 Å². The van der Waals surface area contributed by atoms with Crippen LogP contribution in [-0.2, 0) is 14.2 Å². The van der Waals surface area contributed by atoms with Gasteiger partial charge in [0, 0.05) is 5.92 Å². The Morgan fingerprint density at radius 1 is 1.31 bits per heavy atom. The van der Waals surface area contributed by atoms with Gasteiger partial charge in [0.05, 0.1) is 6.10 Å². The van der Waals surface area contributed by atoms with Crippen LogP contribution >= 0.6 is 0 Å². The van der Waals surface area contributed by atoms with Gasteiger partial charge in [-0.1, -0.05) is 12.2 Å². The molecule has 13 heavy (non-hydrogen) atoms. The summed E-state index contributed by atoms with van der Waals surface area (Å²) in [6.45, 7) is 3.87. The minimum Gasteiger partial charge on any atom is -0.342 e. The van der Waals surface area contributed by atoms with Gasteiger partial charge in [0.1, 0.15) is 6.10 Å². The summed E-state index contributed by atoms with van der Waals surface area (Å²) >= 11 is 0. The molecule has 2 saturated heterocycles. The molecule has 2 heterocycles. The largest absolute Gasteiger partial charge is 0.342 e. The van der Waals surface area contributed by atoms with Crippen LogP contribution in [0.2, 0.25) is 0 Å². The Morgan fingerprint density at radius 3 is 3.00 bits per heavy atom. The van der Waals surface area contributed by atoms with Gasteiger partial charge in [-0.25, -0.2) is 0 Å². The number of allylic oxidation sites excluding steroid dienone is 1. The molecule has 0 radical (unpaired) electrons. The molecule has 2 aliphatic heterocycles. The second kappa shape index (κ2) is 2.35. The molecule has 0 aromatic carbocycles. The lowest BCUT2D eigenvalue weighted by molar-refractivity contribution is -0.203. The quantitative estimate of drug-likeness (QED) is 0.530. The molecule has 0 aromatic rings. The SMILES string of the molecule is CC1(C)O[C@H]2O[C@@H]3C=CC[C@@H]3[C@H]2O1. The summed E-state index contributed by atoms with van der Waals surface area (Å²) in [5.41, 5.74) is 0. The molecule has 1 aliphatic carbocycles. The fourth-order valence-corrected chi connectivity index (χ4v) is 2.42. The predicted octanol–water partition coefficient (Wildman–Crippen LogP) is 1.44. The molecular formula is C10H14O3. The van der Waals surface area contributed by atoms with Crippen LogP contribution < -0.4 is 0 Å². The van der Waals surface area contributed by atoms with Crippen LogP contribution in [0.5, 0.6) is 0 Å². The molecule has 0 saturated carbocycles. The van der Waals surface area contributed by atoms with Gasteiger partial charge in [0.2, 0.25) is 0 Å². The lowest BCUT2D eigenvalue weighted by Gasteiger charge is -2.21. The third kappa shape index (κ3) is 1.08. The fraction of sp³-hybridized carbons (Fsp3) is 0.800. The van der Waals surface area contributed by atoms with E-state index in [-0.39, 0.29) is 18.5 Å². The summed E-state index contributed by atoms with van der Waals surface area (Å²) < 4.78 is 17.1. The minimum atomic E-state index is -0.469. The lowest BCUT2D eigenvalue weighted by atomic mass is 10.0. The number of hydrogen-bond donors (Lipinski definition) is 0. The highest BCUT2D eigenvalue weighted by atomic mass is 16.8. The van der Waals surface area contributed by atoms with Crippen molar-refractivity contribution in [2.45, 2.75) is 44.6 Å². The normalized spacial score (nSPS) is 50.9. The van der Waals surface area contributed by atoms with Crippen molar-refractivity contribution in [1.29, 1.82) is 0 Å². The molecule has 4 atom stereocenters. The molecule has 3 rings (SSSR count). The molecule has 0 spiro atoms. The van der Waals surface area contributed by atoms with Crippen LogP contribution in [-0.4, -0.2) is 24.3 Å². The summed E-state index contributed by atoms with van der Waals surface area (Å²) in [5, 5.41) is 0. The Labute approximate surface area is 77.7 Å². The van der Waals surface area contributed by atoms with E-state index < -0.39 is 5.79 Å². The van der Waals surface area contributed by atoms with Gasteiger partial charge < -0.3 is 14.2 Å². The smallest absolute Gasteiger partial charge is 0.188 e. The highest BCUT2D eigenvalue weighted by Gasteiger charge is 2.54. The summed E-state index contributed by atoms with van der Waals surface area (Å²) in [6.07, 6.45) is 5.56. The Kier molecular flexibility index (Phi) is 1.44. The van der Waals surface area contributed by atoms with Crippen molar-refractivity contribution in [3.05, 3.63) is 12.2 Å².